The third-order valence-electron chi connectivity index (χ3n) is 3.52. The van der Waals surface area contributed by atoms with Gasteiger partial charge in [-0.15, -0.1) is 0 Å². The predicted molar refractivity (Wildman–Crippen MR) is 72.5 cm³/mol. The maximum atomic E-state index is 12.0. The van der Waals surface area contributed by atoms with Crippen molar-refractivity contribution >= 4 is 11.9 Å². The number of nitrogens with two attached hydrogens (primary N) is 1. The maximum Gasteiger partial charge on any atom is 0.305 e. The Morgan fingerprint density at radius 3 is 2.58 bits per heavy atom. The van der Waals surface area contributed by atoms with Crippen LogP contribution in [0.25, 0.3) is 0 Å². The van der Waals surface area contributed by atoms with E-state index in [0.29, 0.717) is 25.9 Å². The molecule has 0 atom stereocenters. The number of rotatable bonds is 6. The minimum Gasteiger partial charge on any atom is -0.469 e. The van der Waals surface area contributed by atoms with Gasteiger partial charge >= 0.3 is 5.97 Å². The van der Waals surface area contributed by atoms with Crippen LogP contribution in [0.4, 0.5) is 0 Å². The molecule has 0 aromatic rings. The highest BCUT2D eigenvalue weighted by Gasteiger charge is 2.19. The van der Waals surface area contributed by atoms with E-state index in [0.717, 1.165) is 25.9 Å². The van der Waals surface area contributed by atoms with E-state index in [2.05, 4.69) is 9.64 Å². The van der Waals surface area contributed by atoms with Gasteiger partial charge in [-0.1, -0.05) is 0 Å². The second-order valence-electron chi connectivity index (χ2n) is 5.11. The lowest BCUT2D eigenvalue weighted by atomic mass is 10.1. The molecule has 1 fully saturated rings. The summed E-state index contributed by atoms with van der Waals surface area (Å²) in [6.07, 6.45) is 2.91. The van der Waals surface area contributed by atoms with E-state index in [4.69, 9.17) is 5.73 Å². The first-order valence-corrected chi connectivity index (χ1v) is 6.81. The summed E-state index contributed by atoms with van der Waals surface area (Å²) in [5.74, 6) is -0.133. The second-order valence-corrected chi connectivity index (χ2v) is 5.11. The number of nitrogens with zero attached hydrogens (tertiary/aromatic N) is 2. The Balaban J connectivity index is 2.19. The fourth-order valence-electron chi connectivity index (χ4n) is 2.11. The lowest BCUT2D eigenvalue weighted by Gasteiger charge is -2.30. The number of methoxy groups -OCH3 is 1. The molecule has 19 heavy (non-hydrogen) atoms. The minimum atomic E-state index is -0.231. The normalized spacial score (nSPS) is 17.2. The van der Waals surface area contributed by atoms with Crippen molar-refractivity contribution in [1.82, 2.24) is 9.80 Å². The number of amides is 1. The molecule has 0 unspecified atom stereocenters. The van der Waals surface area contributed by atoms with Gasteiger partial charge in [0.25, 0.3) is 0 Å². The van der Waals surface area contributed by atoms with Crippen molar-refractivity contribution in [2.24, 2.45) is 5.73 Å². The molecule has 0 aliphatic carbocycles. The molecule has 0 aromatic carbocycles. The number of carbonyl (C=O) groups excluding carboxylic acids is 2. The molecule has 1 saturated heterocycles. The number of hydrogen-bond donors (Lipinski definition) is 1. The summed E-state index contributed by atoms with van der Waals surface area (Å²) in [4.78, 5) is 26.8. The average Bonchev–Trinajstić information content (AvgIpc) is 2.40. The van der Waals surface area contributed by atoms with Crippen molar-refractivity contribution in [3.8, 4) is 0 Å². The third kappa shape index (κ3) is 6.02. The first-order chi connectivity index (χ1) is 9.02. The van der Waals surface area contributed by atoms with Crippen LogP contribution in [0.2, 0.25) is 0 Å². The van der Waals surface area contributed by atoms with Crippen LogP contribution in [-0.4, -0.2) is 68.1 Å². The topological polar surface area (TPSA) is 75.9 Å². The Kier molecular flexibility index (Phi) is 6.80. The molecule has 0 bridgehead atoms. The number of piperidine rings is 1. The molecule has 1 aliphatic heterocycles. The zero-order valence-electron chi connectivity index (χ0n) is 11.9. The molecular formula is C13H25N3O3. The second kappa shape index (κ2) is 8.12. The van der Waals surface area contributed by atoms with E-state index in [1.165, 1.54) is 7.11 Å². The number of esters is 1. The Hall–Kier alpha value is -1.14. The van der Waals surface area contributed by atoms with Crippen molar-refractivity contribution in [3.63, 3.8) is 0 Å². The van der Waals surface area contributed by atoms with Crippen LogP contribution < -0.4 is 5.73 Å². The van der Waals surface area contributed by atoms with Gasteiger partial charge in [0.15, 0.2) is 0 Å². The van der Waals surface area contributed by atoms with Crippen LogP contribution in [0.3, 0.4) is 0 Å². The standard InChI is InChI=1S/C13H25N3O3/c1-15(7-3-4-13(18)19-2)12(17)10-16-8-5-11(14)6-9-16/h11H,3-10,14H2,1-2H3. The quantitative estimate of drug-likeness (QED) is 0.678. The van der Waals surface area contributed by atoms with Gasteiger partial charge in [-0.25, -0.2) is 0 Å². The van der Waals surface area contributed by atoms with Crippen molar-refractivity contribution in [1.29, 1.82) is 0 Å². The maximum absolute atomic E-state index is 12.0. The molecule has 0 saturated carbocycles. The van der Waals surface area contributed by atoms with Gasteiger partial charge in [0, 0.05) is 39.1 Å². The highest BCUT2D eigenvalue weighted by atomic mass is 16.5. The highest BCUT2D eigenvalue weighted by Crippen LogP contribution is 2.08. The van der Waals surface area contributed by atoms with Crippen LogP contribution >= 0.6 is 0 Å². The number of likely N-dealkylation sites (N-methyl/N-ethyl adjacent to an activating group) is 1. The number of ether oxygens (including phenoxy) is 1. The van der Waals surface area contributed by atoms with Crippen LogP contribution in [0.15, 0.2) is 0 Å². The summed E-state index contributed by atoms with van der Waals surface area (Å²) < 4.78 is 4.56. The zero-order valence-corrected chi connectivity index (χ0v) is 11.9. The van der Waals surface area contributed by atoms with Gasteiger partial charge in [-0.05, 0) is 19.3 Å². The molecule has 1 aliphatic rings. The summed E-state index contributed by atoms with van der Waals surface area (Å²) in [7, 11) is 3.15. The van der Waals surface area contributed by atoms with Crippen molar-refractivity contribution < 1.29 is 14.3 Å². The largest absolute Gasteiger partial charge is 0.469 e. The minimum absolute atomic E-state index is 0.0975. The van der Waals surface area contributed by atoms with Crippen LogP contribution in [0.5, 0.6) is 0 Å². The summed E-state index contributed by atoms with van der Waals surface area (Å²) in [6.45, 7) is 2.81. The van der Waals surface area contributed by atoms with Crippen LogP contribution in [-0.2, 0) is 14.3 Å². The van der Waals surface area contributed by atoms with E-state index in [-0.39, 0.29) is 17.9 Å². The molecule has 6 nitrogen and oxygen atoms in total. The summed E-state index contributed by atoms with van der Waals surface area (Å²) in [6, 6.07) is 0.282. The Morgan fingerprint density at radius 1 is 1.37 bits per heavy atom. The molecule has 1 heterocycles. The van der Waals surface area contributed by atoms with Gasteiger partial charge in [0.2, 0.25) is 5.91 Å². The van der Waals surface area contributed by atoms with Crippen molar-refractivity contribution in [3.05, 3.63) is 0 Å². The fourth-order valence-corrected chi connectivity index (χ4v) is 2.11. The molecule has 6 heteroatoms. The first-order valence-electron chi connectivity index (χ1n) is 6.81. The average molecular weight is 271 g/mol. The lowest BCUT2D eigenvalue weighted by Crippen LogP contribution is -2.45. The van der Waals surface area contributed by atoms with Gasteiger partial charge in [-0.2, -0.15) is 0 Å². The molecule has 0 spiro atoms. The monoisotopic (exact) mass is 271 g/mol. The SMILES string of the molecule is COC(=O)CCCN(C)C(=O)CN1CCC(N)CC1. The van der Waals surface area contributed by atoms with E-state index >= 15 is 0 Å². The van der Waals surface area contributed by atoms with E-state index in [9.17, 15) is 9.59 Å². The van der Waals surface area contributed by atoms with E-state index in [1.807, 2.05) is 0 Å². The van der Waals surface area contributed by atoms with Crippen molar-refractivity contribution in [2.75, 3.05) is 40.3 Å². The summed E-state index contributed by atoms with van der Waals surface area (Å²) in [5, 5.41) is 0. The number of likely N-dealkylation sites (tertiary alicyclic amines) is 1. The van der Waals surface area contributed by atoms with Crippen LogP contribution in [0, 0.1) is 0 Å². The van der Waals surface area contributed by atoms with Gasteiger partial charge in [-0.3, -0.25) is 14.5 Å². The lowest BCUT2D eigenvalue weighted by molar-refractivity contribution is -0.141. The predicted octanol–water partition coefficient (Wildman–Crippen LogP) is -0.179. The van der Waals surface area contributed by atoms with Gasteiger partial charge in [0.1, 0.15) is 0 Å². The van der Waals surface area contributed by atoms with Crippen molar-refractivity contribution in [2.45, 2.75) is 31.7 Å². The Labute approximate surface area is 114 Å². The Bertz CT molecular complexity index is 302. The smallest absolute Gasteiger partial charge is 0.305 e. The highest BCUT2D eigenvalue weighted by molar-refractivity contribution is 5.78. The molecule has 0 radical (unpaired) electrons. The van der Waals surface area contributed by atoms with Gasteiger partial charge in [0.05, 0.1) is 13.7 Å². The molecule has 1 amide bonds. The zero-order chi connectivity index (χ0) is 14.3. The number of carbonyl (C=O) groups is 2. The van der Waals surface area contributed by atoms with Gasteiger partial charge < -0.3 is 15.4 Å². The molecular weight excluding hydrogens is 246 g/mol. The van der Waals surface area contributed by atoms with E-state index < -0.39 is 0 Å². The number of hydrogen-bond acceptors (Lipinski definition) is 5. The first kappa shape index (κ1) is 15.9. The molecule has 110 valence electrons. The molecule has 2 N–H and O–H groups in total. The van der Waals surface area contributed by atoms with Crippen LogP contribution in [0.1, 0.15) is 25.7 Å². The summed E-state index contributed by atoms with van der Waals surface area (Å²) in [5.41, 5.74) is 5.83. The third-order valence-corrected chi connectivity index (χ3v) is 3.52. The Morgan fingerprint density at radius 2 is 2.00 bits per heavy atom. The molecule has 1 rings (SSSR count). The molecule has 0 aromatic heterocycles. The summed E-state index contributed by atoms with van der Waals surface area (Å²) >= 11 is 0. The fraction of sp³-hybridized carbons (Fsp3) is 0.846. The van der Waals surface area contributed by atoms with E-state index in [1.54, 1.807) is 11.9 Å².